The van der Waals surface area contributed by atoms with E-state index in [1.807, 2.05) is 0 Å². The smallest absolute Gasteiger partial charge is 0.306 e. The lowest BCUT2D eigenvalue weighted by Crippen LogP contribution is -2.50. The standard InChI is InChI=1S/C16H24N2O4S/c1-15(2)11-6-7-16(15)10-23(21,22)18(13(16)9-11)14(19)12-5-3-4-8-17(12)20/h8,11-13H,3-7,9-10H2,1-2H3/t11-,12-,13-,16-/m0/s1. The second-order valence-electron chi connectivity index (χ2n) is 8.24. The summed E-state index contributed by atoms with van der Waals surface area (Å²) < 4.78 is 27.4. The molecule has 23 heavy (non-hydrogen) atoms. The van der Waals surface area contributed by atoms with E-state index in [2.05, 4.69) is 13.8 Å². The van der Waals surface area contributed by atoms with Crippen LogP contribution < -0.4 is 0 Å². The molecular weight excluding hydrogens is 316 g/mol. The lowest BCUT2D eigenvalue weighted by atomic mass is 9.69. The SMILES string of the molecule is CC1(C)[C@H]2CC[C@@]13CS(=O)(=O)N(C(=O)[C@@H]1CCCC=[N+]1[O-])[C@H]3C2. The minimum Gasteiger partial charge on any atom is -0.623 e. The van der Waals surface area contributed by atoms with E-state index < -0.39 is 22.0 Å². The molecule has 3 fully saturated rings. The Morgan fingerprint density at radius 1 is 1.35 bits per heavy atom. The van der Waals surface area contributed by atoms with Crippen molar-refractivity contribution >= 4 is 22.1 Å². The number of hydrogen-bond acceptors (Lipinski definition) is 4. The summed E-state index contributed by atoms with van der Waals surface area (Å²) >= 11 is 0. The van der Waals surface area contributed by atoms with Gasteiger partial charge in [-0.15, -0.1) is 0 Å². The quantitative estimate of drug-likeness (QED) is 0.535. The molecule has 7 heteroatoms. The molecule has 1 saturated heterocycles. The summed E-state index contributed by atoms with van der Waals surface area (Å²) in [4.78, 5) is 12.9. The van der Waals surface area contributed by atoms with Gasteiger partial charge in [-0.3, -0.25) is 4.79 Å². The average Bonchev–Trinajstić information content (AvgIpc) is 2.94. The van der Waals surface area contributed by atoms with E-state index >= 15 is 0 Å². The van der Waals surface area contributed by atoms with Gasteiger partial charge in [0.2, 0.25) is 16.1 Å². The van der Waals surface area contributed by atoms with Gasteiger partial charge >= 0.3 is 5.91 Å². The molecular formula is C16H24N2O4S. The molecule has 4 atom stereocenters. The number of rotatable bonds is 1. The summed E-state index contributed by atoms with van der Waals surface area (Å²) in [7, 11) is -3.63. The maximum Gasteiger partial charge on any atom is 0.306 e. The first kappa shape index (κ1) is 15.4. The largest absolute Gasteiger partial charge is 0.623 e. The van der Waals surface area contributed by atoms with Crippen LogP contribution >= 0.6 is 0 Å². The van der Waals surface area contributed by atoms with Crippen LogP contribution in [0.15, 0.2) is 0 Å². The van der Waals surface area contributed by atoms with Crippen LogP contribution in [-0.2, 0) is 14.8 Å². The topological polar surface area (TPSA) is 80.5 Å². The van der Waals surface area contributed by atoms with E-state index in [1.54, 1.807) is 0 Å². The van der Waals surface area contributed by atoms with E-state index in [1.165, 1.54) is 6.21 Å². The van der Waals surface area contributed by atoms with Gasteiger partial charge in [-0.2, -0.15) is 0 Å². The van der Waals surface area contributed by atoms with Crippen molar-refractivity contribution in [3.05, 3.63) is 5.21 Å². The minimum absolute atomic E-state index is 0.0599. The highest BCUT2D eigenvalue weighted by molar-refractivity contribution is 7.90. The van der Waals surface area contributed by atoms with Crippen molar-refractivity contribution in [2.45, 2.75) is 64.5 Å². The number of nitrogens with zero attached hydrogens (tertiary/aromatic N) is 2. The van der Waals surface area contributed by atoms with Crippen molar-refractivity contribution in [2.24, 2.45) is 16.7 Å². The molecule has 6 nitrogen and oxygen atoms in total. The van der Waals surface area contributed by atoms with E-state index in [0.29, 0.717) is 23.5 Å². The molecule has 0 unspecified atom stereocenters. The Balaban J connectivity index is 1.74. The van der Waals surface area contributed by atoms with Crippen LogP contribution in [0.1, 0.15) is 52.4 Å². The fourth-order valence-corrected chi connectivity index (χ4v) is 8.31. The first-order valence-corrected chi connectivity index (χ1v) is 10.2. The molecule has 0 aromatic carbocycles. The zero-order valence-electron chi connectivity index (χ0n) is 13.7. The zero-order valence-corrected chi connectivity index (χ0v) is 14.5. The van der Waals surface area contributed by atoms with Crippen molar-refractivity contribution in [3.63, 3.8) is 0 Å². The molecule has 2 aliphatic heterocycles. The van der Waals surface area contributed by atoms with Crippen LogP contribution in [0.2, 0.25) is 0 Å². The molecule has 2 bridgehead atoms. The summed E-state index contributed by atoms with van der Waals surface area (Å²) in [6.07, 6.45) is 6.00. The first-order chi connectivity index (χ1) is 10.7. The van der Waals surface area contributed by atoms with Gasteiger partial charge in [0.15, 0.2) is 6.21 Å². The fraction of sp³-hybridized carbons (Fsp3) is 0.875. The van der Waals surface area contributed by atoms with Crippen LogP contribution in [0.5, 0.6) is 0 Å². The molecule has 0 radical (unpaired) electrons. The highest BCUT2D eigenvalue weighted by Gasteiger charge is 2.72. The van der Waals surface area contributed by atoms with Crippen molar-refractivity contribution in [1.82, 2.24) is 4.31 Å². The molecule has 1 spiro atoms. The van der Waals surface area contributed by atoms with E-state index in [9.17, 15) is 18.4 Å². The maximum absolute atomic E-state index is 12.9. The number of hydrogen-bond donors (Lipinski definition) is 0. The Morgan fingerprint density at radius 2 is 2.09 bits per heavy atom. The second kappa shape index (κ2) is 4.49. The number of carbonyl (C=O) groups is 1. The van der Waals surface area contributed by atoms with Crippen molar-refractivity contribution in [2.75, 3.05) is 5.75 Å². The number of sulfonamides is 1. The third kappa shape index (κ3) is 1.77. The summed E-state index contributed by atoms with van der Waals surface area (Å²) in [6.45, 7) is 4.31. The molecule has 0 N–H and O–H groups in total. The Hall–Kier alpha value is -1.11. The van der Waals surface area contributed by atoms with E-state index in [4.69, 9.17) is 0 Å². The van der Waals surface area contributed by atoms with Gasteiger partial charge < -0.3 is 5.21 Å². The van der Waals surface area contributed by atoms with Crippen molar-refractivity contribution in [1.29, 1.82) is 0 Å². The van der Waals surface area contributed by atoms with Gasteiger partial charge in [0, 0.05) is 18.3 Å². The van der Waals surface area contributed by atoms with Crippen LogP contribution in [0.4, 0.5) is 0 Å². The lowest BCUT2D eigenvalue weighted by molar-refractivity contribution is -0.489. The molecule has 0 aromatic rings. The monoisotopic (exact) mass is 340 g/mol. The average molecular weight is 340 g/mol. The van der Waals surface area contributed by atoms with Crippen molar-refractivity contribution in [3.8, 4) is 0 Å². The van der Waals surface area contributed by atoms with Gasteiger partial charge in [0.05, 0.1) is 11.8 Å². The van der Waals surface area contributed by atoms with Crippen LogP contribution in [0.3, 0.4) is 0 Å². The Labute approximate surface area is 137 Å². The number of amides is 1. The third-order valence-electron chi connectivity index (χ3n) is 7.21. The summed E-state index contributed by atoms with van der Waals surface area (Å²) in [5.74, 6) is 0.0376. The number of fused-ring (bicyclic) bond motifs is 1. The summed E-state index contributed by atoms with van der Waals surface area (Å²) in [6, 6.07) is -1.11. The summed E-state index contributed by atoms with van der Waals surface area (Å²) in [5, 5.41) is 12.0. The Bertz CT molecular complexity index is 699. The fourth-order valence-electron chi connectivity index (χ4n) is 5.74. The molecule has 2 aliphatic carbocycles. The molecule has 128 valence electrons. The van der Waals surface area contributed by atoms with E-state index in [0.717, 1.165) is 30.0 Å². The summed E-state index contributed by atoms with van der Waals surface area (Å²) in [5.41, 5.74) is -0.381. The van der Waals surface area contributed by atoms with Crippen LogP contribution in [0, 0.1) is 22.0 Å². The molecule has 2 heterocycles. The molecule has 0 aromatic heterocycles. The Morgan fingerprint density at radius 3 is 2.74 bits per heavy atom. The second-order valence-corrected chi connectivity index (χ2v) is 10.1. The van der Waals surface area contributed by atoms with Crippen LogP contribution in [-0.4, -0.2) is 47.4 Å². The van der Waals surface area contributed by atoms with Gasteiger partial charge in [0.1, 0.15) is 0 Å². The molecule has 2 saturated carbocycles. The lowest BCUT2D eigenvalue weighted by Gasteiger charge is -2.37. The normalized spacial score (nSPS) is 43.3. The van der Waals surface area contributed by atoms with Gasteiger partial charge in [-0.25, -0.2) is 17.5 Å². The molecule has 1 amide bonds. The maximum atomic E-state index is 12.9. The van der Waals surface area contributed by atoms with Gasteiger partial charge in [0.25, 0.3) is 0 Å². The number of carbonyl (C=O) groups excluding carboxylic acids is 1. The van der Waals surface area contributed by atoms with Gasteiger partial charge in [-0.05, 0) is 37.0 Å². The van der Waals surface area contributed by atoms with Crippen LogP contribution in [0.25, 0.3) is 0 Å². The highest BCUT2D eigenvalue weighted by Crippen LogP contribution is 2.70. The molecule has 4 rings (SSSR count). The predicted molar refractivity (Wildman–Crippen MR) is 85.3 cm³/mol. The van der Waals surface area contributed by atoms with E-state index in [-0.39, 0.29) is 22.6 Å². The first-order valence-electron chi connectivity index (χ1n) is 8.55. The zero-order chi connectivity index (χ0) is 16.6. The third-order valence-corrected chi connectivity index (χ3v) is 9.13. The number of hydroxylamine groups is 1. The van der Waals surface area contributed by atoms with Gasteiger partial charge in [-0.1, -0.05) is 13.8 Å². The highest BCUT2D eigenvalue weighted by atomic mass is 32.2. The predicted octanol–water partition coefficient (Wildman–Crippen LogP) is 1.49. The molecule has 4 aliphatic rings. The Kier molecular flexibility index (Phi) is 3.01. The van der Waals surface area contributed by atoms with Crippen molar-refractivity contribution < 1.29 is 18.0 Å². The minimum atomic E-state index is -3.63.